The fourth-order valence-electron chi connectivity index (χ4n) is 2.38. The van der Waals surface area contributed by atoms with Crippen LogP contribution in [0.25, 0.3) is 0 Å². The summed E-state index contributed by atoms with van der Waals surface area (Å²) in [5.41, 5.74) is 1.07. The van der Waals surface area contributed by atoms with Gasteiger partial charge in [0.15, 0.2) is 0 Å². The van der Waals surface area contributed by atoms with Crippen LogP contribution < -0.4 is 10.6 Å². The van der Waals surface area contributed by atoms with Gasteiger partial charge in [-0.1, -0.05) is 6.07 Å². The number of hydrogen-bond acceptors (Lipinski definition) is 5. The van der Waals surface area contributed by atoms with Gasteiger partial charge in [-0.05, 0) is 25.1 Å². The van der Waals surface area contributed by atoms with Crippen LogP contribution in [0.2, 0.25) is 0 Å². The highest BCUT2D eigenvalue weighted by molar-refractivity contribution is 7.98. The van der Waals surface area contributed by atoms with Crippen LogP contribution in [0, 0.1) is 0 Å². The van der Waals surface area contributed by atoms with E-state index in [-0.39, 0.29) is 30.7 Å². The molecule has 2 rings (SSSR count). The standard InChI is InChI=1S/C16H26N4OS.2ClH/c21-16(5-13-22-14-15-4-1-2-6-18-15)19-7-3-10-20-11-8-17-9-12-20;;/h1-2,4,6,17H,3,5,7-14H2,(H,19,21);2*1H. The van der Waals surface area contributed by atoms with Gasteiger partial charge in [0, 0.05) is 56.8 Å². The highest BCUT2D eigenvalue weighted by atomic mass is 35.5. The van der Waals surface area contributed by atoms with Gasteiger partial charge >= 0.3 is 0 Å². The van der Waals surface area contributed by atoms with Crippen LogP contribution in [0.15, 0.2) is 24.4 Å². The number of halogens is 2. The molecule has 8 heteroatoms. The van der Waals surface area contributed by atoms with Crippen molar-refractivity contribution >= 4 is 42.5 Å². The van der Waals surface area contributed by atoms with Gasteiger partial charge in [-0.2, -0.15) is 11.8 Å². The number of nitrogens with zero attached hydrogens (tertiary/aromatic N) is 2. The minimum Gasteiger partial charge on any atom is -0.356 e. The van der Waals surface area contributed by atoms with Crippen LogP contribution in [0.4, 0.5) is 0 Å². The molecule has 1 fully saturated rings. The second-order valence-corrected chi connectivity index (χ2v) is 6.52. The molecule has 1 aromatic heterocycles. The Labute approximate surface area is 161 Å². The lowest BCUT2D eigenvalue weighted by atomic mass is 10.3. The lowest BCUT2D eigenvalue weighted by Gasteiger charge is -2.27. The fourth-order valence-corrected chi connectivity index (χ4v) is 3.23. The van der Waals surface area contributed by atoms with Crippen molar-refractivity contribution in [3.05, 3.63) is 30.1 Å². The first kappa shape index (κ1) is 23.5. The molecular weight excluding hydrogens is 367 g/mol. The lowest BCUT2D eigenvalue weighted by Crippen LogP contribution is -2.44. The zero-order chi connectivity index (χ0) is 15.5. The second kappa shape index (κ2) is 14.8. The minimum absolute atomic E-state index is 0. The van der Waals surface area contributed by atoms with E-state index in [0.29, 0.717) is 6.42 Å². The summed E-state index contributed by atoms with van der Waals surface area (Å²) in [6.07, 6.45) is 3.43. The van der Waals surface area contributed by atoms with E-state index in [1.165, 1.54) is 0 Å². The van der Waals surface area contributed by atoms with Gasteiger partial charge in [-0.25, -0.2) is 0 Å². The van der Waals surface area contributed by atoms with Crippen molar-refractivity contribution in [3.63, 3.8) is 0 Å². The van der Waals surface area contributed by atoms with Gasteiger partial charge < -0.3 is 15.5 Å². The molecule has 1 aromatic rings. The predicted molar refractivity (Wildman–Crippen MR) is 106 cm³/mol. The number of nitrogens with one attached hydrogen (secondary N) is 2. The smallest absolute Gasteiger partial charge is 0.220 e. The molecular formula is C16H28Cl2N4OS. The first-order valence-electron chi connectivity index (χ1n) is 8.02. The Morgan fingerprint density at radius 2 is 2.08 bits per heavy atom. The first-order valence-corrected chi connectivity index (χ1v) is 9.17. The first-order chi connectivity index (χ1) is 10.8. The maximum absolute atomic E-state index is 11.7. The van der Waals surface area contributed by atoms with Gasteiger partial charge in [0.2, 0.25) is 5.91 Å². The van der Waals surface area contributed by atoms with Crippen molar-refractivity contribution < 1.29 is 4.79 Å². The Balaban J connectivity index is 0.00000264. The molecule has 0 aliphatic carbocycles. The van der Waals surface area contributed by atoms with Gasteiger partial charge in [0.25, 0.3) is 0 Å². The number of rotatable bonds is 9. The van der Waals surface area contributed by atoms with E-state index in [0.717, 1.165) is 62.9 Å². The molecule has 1 amide bonds. The Morgan fingerprint density at radius 3 is 2.79 bits per heavy atom. The summed E-state index contributed by atoms with van der Waals surface area (Å²) in [6, 6.07) is 5.93. The van der Waals surface area contributed by atoms with Gasteiger partial charge in [-0.15, -0.1) is 24.8 Å². The highest BCUT2D eigenvalue weighted by Gasteiger charge is 2.08. The van der Waals surface area contributed by atoms with Crippen LogP contribution in [0.1, 0.15) is 18.5 Å². The van der Waals surface area contributed by atoms with E-state index >= 15 is 0 Å². The molecule has 1 saturated heterocycles. The summed E-state index contributed by atoms with van der Waals surface area (Å²) in [4.78, 5) is 18.5. The molecule has 0 atom stereocenters. The van der Waals surface area contributed by atoms with Crippen molar-refractivity contribution in [1.82, 2.24) is 20.5 Å². The van der Waals surface area contributed by atoms with E-state index in [1.54, 1.807) is 18.0 Å². The Hall–Kier alpha value is -0.530. The van der Waals surface area contributed by atoms with Gasteiger partial charge in [-0.3, -0.25) is 9.78 Å². The minimum atomic E-state index is 0. The van der Waals surface area contributed by atoms with E-state index in [1.807, 2.05) is 18.2 Å². The number of aromatic nitrogens is 1. The Kier molecular flexibility index (Phi) is 14.5. The number of carbonyl (C=O) groups excluding carboxylic acids is 1. The number of carbonyl (C=O) groups is 1. The summed E-state index contributed by atoms with van der Waals surface area (Å²) in [5, 5.41) is 6.36. The molecule has 0 radical (unpaired) electrons. The molecule has 138 valence electrons. The maximum atomic E-state index is 11.7. The number of pyridine rings is 1. The molecule has 0 saturated carbocycles. The number of amides is 1. The second-order valence-electron chi connectivity index (χ2n) is 5.42. The molecule has 1 aliphatic rings. The Morgan fingerprint density at radius 1 is 1.29 bits per heavy atom. The topological polar surface area (TPSA) is 57.3 Å². The third kappa shape index (κ3) is 10.4. The SMILES string of the molecule is Cl.Cl.O=C(CCSCc1ccccn1)NCCCN1CCNCC1. The zero-order valence-corrected chi connectivity index (χ0v) is 16.4. The van der Waals surface area contributed by atoms with E-state index < -0.39 is 0 Å². The average molecular weight is 395 g/mol. The molecule has 0 aromatic carbocycles. The summed E-state index contributed by atoms with van der Waals surface area (Å²) in [6.45, 7) is 6.28. The summed E-state index contributed by atoms with van der Waals surface area (Å²) in [7, 11) is 0. The lowest BCUT2D eigenvalue weighted by molar-refractivity contribution is -0.120. The Bertz CT molecular complexity index is 433. The molecule has 2 heterocycles. The van der Waals surface area contributed by atoms with Gasteiger partial charge in [0.1, 0.15) is 0 Å². The number of hydrogen-bond donors (Lipinski definition) is 2. The number of piperazine rings is 1. The van der Waals surface area contributed by atoms with Gasteiger partial charge in [0.05, 0.1) is 5.69 Å². The van der Waals surface area contributed by atoms with E-state index in [4.69, 9.17) is 0 Å². The molecule has 0 unspecified atom stereocenters. The maximum Gasteiger partial charge on any atom is 0.220 e. The monoisotopic (exact) mass is 394 g/mol. The van der Waals surface area contributed by atoms with Crippen molar-refractivity contribution in [2.24, 2.45) is 0 Å². The predicted octanol–water partition coefficient (Wildman–Crippen LogP) is 1.96. The van der Waals surface area contributed by atoms with Crippen molar-refractivity contribution in [1.29, 1.82) is 0 Å². The third-order valence-electron chi connectivity index (χ3n) is 3.63. The largest absolute Gasteiger partial charge is 0.356 e. The van der Waals surface area contributed by atoms with Crippen LogP contribution in [0.3, 0.4) is 0 Å². The van der Waals surface area contributed by atoms with Crippen molar-refractivity contribution in [2.75, 3.05) is 45.0 Å². The summed E-state index contributed by atoms with van der Waals surface area (Å²) in [5.74, 6) is 1.88. The van der Waals surface area contributed by atoms with Crippen LogP contribution in [-0.2, 0) is 10.5 Å². The molecule has 0 spiro atoms. The highest BCUT2D eigenvalue weighted by Crippen LogP contribution is 2.10. The van der Waals surface area contributed by atoms with Crippen LogP contribution >= 0.6 is 36.6 Å². The van der Waals surface area contributed by atoms with E-state index in [2.05, 4.69) is 20.5 Å². The third-order valence-corrected chi connectivity index (χ3v) is 4.63. The average Bonchev–Trinajstić information content (AvgIpc) is 2.57. The molecule has 24 heavy (non-hydrogen) atoms. The van der Waals surface area contributed by atoms with Crippen LogP contribution in [0.5, 0.6) is 0 Å². The summed E-state index contributed by atoms with van der Waals surface area (Å²) < 4.78 is 0. The zero-order valence-electron chi connectivity index (χ0n) is 13.9. The summed E-state index contributed by atoms with van der Waals surface area (Å²) >= 11 is 1.76. The fraction of sp³-hybridized carbons (Fsp3) is 0.625. The van der Waals surface area contributed by atoms with Crippen LogP contribution in [-0.4, -0.2) is 60.8 Å². The molecule has 2 N–H and O–H groups in total. The van der Waals surface area contributed by atoms with Crippen molar-refractivity contribution in [3.8, 4) is 0 Å². The quantitative estimate of drug-likeness (QED) is 0.626. The van der Waals surface area contributed by atoms with E-state index in [9.17, 15) is 4.79 Å². The van der Waals surface area contributed by atoms with Crippen molar-refractivity contribution in [2.45, 2.75) is 18.6 Å². The number of thioether (sulfide) groups is 1. The molecule has 5 nitrogen and oxygen atoms in total. The normalized spacial score (nSPS) is 14.3. The molecule has 0 bridgehead atoms. The molecule has 1 aliphatic heterocycles.